The number of rotatable bonds is 5. The average Bonchev–Trinajstić information content (AvgIpc) is 2.75. The molecule has 0 aliphatic rings. The molecule has 0 fully saturated rings. The van der Waals surface area contributed by atoms with Gasteiger partial charge in [-0.3, -0.25) is 0 Å². The van der Waals surface area contributed by atoms with Gasteiger partial charge < -0.3 is 10.1 Å². The molecule has 0 spiro atoms. The lowest BCUT2D eigenvalue weighted by Crippen LogP contribution is -2.00. The third-order valence-corrected chi connectivity index (χ3v) is 3.11. The van der Waals surface area contributed by atoms with Crippen LogP contribution < -0.4 is 10.1 Å². The third kappa shape index (κ3) is 3.42. The predicted molar refractivity (Wildman–Crippen MR) is 69.6 cm³/mol. The van der Waals surface area contributed by atoms with Crippen molar-refractivity contribution in [1.82, 2.24) is 9.97 Å². The van der Waals surface area contributed by atoms with Crippen LogP contribution in [-0.4, -0.2) is 16.6 Å². The van der Waals surface area contributed by atoms with Gasteiger partial charge in [-0.25, -0.2) is 9.97 Å². The summed E-state index contributed by atoms with van der Waals surface area (Å²) in [5.41, 5.74) is 2.04. The van der Waals surface area contributed by atoms with E-state index in [0.717, 1.165) is 22.9 Å². The molecule has 0 radical (unpaired) electrons. The van der Waals surface area contributed by atoms with Crippen molar-refractivity contribution in [3.05, 3.63) is 34.4 Å². The highest BCUT2D eigenvalue weighted by atomic mass is 32.1. The molecular weight excluding hydrogens is 234 g/mol. The Hall–Kier alpha value is -1.62. The zero-order chi connectivity index (χ0) is 12.1. The third-order valence-electron chi connectivity index (χ3n) is 2.14. The van der Waals surface area contributed by atoms with Crippen LogP contribution in [0.4, 0.5) is 5.69 Å². The zero-order valence-electron chi connectivity index (χ0n) is 9.93. The molecule has 5 heteroatoms. The van der Waals surface area contributed by atoms with E-state index < -0.39 is 0 Å². The fourth-order valence-corrected chi connectivity index (χ4v) is 2.09. The van der Waals surface area contributed by atoms with Gasteiger partial charge in [-0.15, -0.1) is 11.3 Å². The summed E-state index contributed by atoms with van der Waals surface area (Å²) in [5, 5.41) is 6.40. The van der Waals surface area contributed by atoms with Crippen molar-refractivity contribution in [2.75, 3.05) is 11.9 Å². The second-order valence-corrected chi connectivity index (χ2v) is 4.50. The van der Waals surface area contributed by atoms with Gasteiger partial charge in [0.2, 0.25) is 5.88 Å². The van der Waals surface area contributed by atoms with Crippen molar-refractivity contribution in [1.29, 1.82) is 0 Å². The Morgan fingerprint density at radius 3 is 2.88 bits per heavy atom. The highest BCUT2D eigenvalue weighted by Gasteiger charge is 1.99. The van der Waals surface area contributed by atoms with Crippen molar-refractivity contribution in [3.8, 4) is 5.88 Å². The number of aryl methyl sites for hydroxylation is 1. The summed E-state index contributed by atoms with van der Waals surface area (Å²) < 4.78 is 5.28. The van der Waals surface area contributed by atoms with Gasteiger partial charge in [0.15, 0.2) is 0 Å². The lowest BCUT2D eigenvalue weighted by atomic mass is 10.4. The van der Waals surface area contributed by atoms with E-state index >= 15 is 0 Å². The number of ether oxygens (including phenoxy) is 1. The van der Waals surface area contributed by atoms with Crippen LogP contribution in [0.5, 0.6) is 5.88 Å². The number of aromatic nitrogens is 2. The van der Waals surface area contributed by atoms with Gasteiger partial charge in [0.25, 0.3) is 0 Å². The highest BCUT2D eigenvalue weighted by Crippen LogP contribution is 2.14. The van der Waals surface area contributed by atoms with E-state index in [1.54, 1.807) is 17.5 Å². The lowest BCUT2D eigenvalue weighted by molar-refractivity contribution is 0.327. The maximum Gasteiger partial charge on any atom is 0.213 e. The first kappa shape index (κ1) is 11.9. The van der Waals surface area contributed by atoms with Gasteiger partial charge in [0, 0.05) is 17.1 Å². The van der Waals surface area contributed by atoms with E-state index in [4.69, 9.17) is 4.74 Å². The summed E-state index contributed by atoms with van der Waals surface area (Å²) in [4.78, 5) is 8.57. The Labute approximate surface area is 105 Å². The van der Waals surface area contributed by atoms with Crippen LogP contribution in [0.2, 0.25) is 0 Å². The van der Waals surface area contributed by atoms with Gasteiger partial charge in [-0.2, -0.15) is 0 Å². The largest absolute Gasteiger partial charge is 0.478 e. The first-order valence-corrected chi connectivity index (χ1v) is 6.39. The van der Waals surface area contributed by atoms with Crippen LogP contribution >= 0.6 is 11.3 Å². The Balaban J connectivity index is 1.90. The van der Waals surface area contributed by atoms with Crippen LogP contribution in [0.1, 0.15) is 17.6 Å². The minimum absolute atomic E-state index is 0.637. The Morgan fingerprint density at radius 2 is 2.29 bits per heavy atom. The van der Waals surface area contributed by atoms with Gasteiger partial charge in [0.05, 0.1) is 25.0 Å². The molecule has 90 valence electrons. The molecule has 0 amide bonds. The number of hydrogen-bond donors (Lipinski definition) is 1. The van der Waals surface area contributed by atoms with Crippen LogP contribution in [0.3, 0.4) is 0 Å². The number of anilines is 1. The summed E-state index contributed by atoms with van der Waals surface area (Å²) in [5.74, 6) is 0.656. The zero-order valence-corrected chi connectivity index (χ0v) is 10.8. The van der Waals surface area contributed by atoms with E-state index in [9.17, 15) is 0 Å². The van der Waals surface area contributed by atoms with Crippen molar-refractivity contribution >= 4 is 17.0 Å². The molecular formula is C12H15N3OS. The SMILES string of the molecule is CCOc1ccc(NCc2nc(C)cs2)cn1. The summed E-state index contributed by atoms with van der Waals surface area (Å²) >= 11 is 1.66. The average molecular weight is 249 g/mol. The van der Waals surface area contributed by atoms with E-state index in [-0.39, 0.29) is 0 Å². The Bertz CT molecular complexity index is 467. The van der Waals surface area contributed by atoms with Crippen LogP contribution in [0, 0.1) is 6.92 Å². The fourth-order valence-electron chi connectivity index (χ4n) is 1.38. The van der Waals surface area contributed by atoms with E-state index in [1.807, 2.05) is 31.4 Å². The molecule has 17 heavy (non-hydrogen) atoms. The first-order valence-electron chi connectivity index (χ1n) is 5.51. The summed E-state index contributed by atoms with van der Waals surface area (Å²) in [6.07, 6.45) is 1.77. The van der Waals surface area contributed by atoms with Gasteiger partial charge in [-0.1, -0.05) is 0 Å². The quantitative estimate of drug-likeness (QED) is 0.885. The van der Waals surface area contributed by atoms with Gasteiger partial charge >= 0.3 is 0 Å². The maximum absolute atomic E-state index is 5.28. The molecule has 0 aliphatic heterocycles. The van der Waals surface area contributed by atoms with Crippen molar-refractivity contribution < 1.29 is 4.74 Å². The van der Waals surface area contributed by atoms with E-state index in [0.29, 0.717) is 12.5 Å². The Kier molecular flexibility index (Phi) is 3.93. The molecule has 4 nitrogen and oxygen atoms in total. The summed E-state index contributed by atoms with van der Waals surface area (Å²) in [6, 6.07) is 3.82. The second kappa shape index (κ2) is 5.63. The number of pyridine rings is 1. The molecule has 2 aromatic heterocycles. The minimum atomic E-state index is 0.637. The van der Waals surface area contributed by atoms with Gasteiger partial charge in [0.1, 0.15) is 5.01 Å². The monoisotopic (exact) mass is 249 g/mol. The number of hydrogen-bond acceptors (Lipinski definition) is 5. The second-order valence-electron chi connectivity index (χ2n) is 3.55. The molecule has 0 aliphatic carbocycles. The molecule has 0 aromatic carbocycles. The molecule has 0 unspecified atom stereocenters. The molecule has 2 rings (SSSR count). The maximum atomic E-state index is 5.28. The number of nitrogens with one attached hydrogen (secondary N) is 1. The van der Waals surface area contributed by atoms with Gasteiger partial charge in [-0.05, 0) is 19.9 Å². The Morgan fingerprint density at radius 1 is 1.41 bits per heavy atom. The van der Waals surface area contributed by atoms with E-state index in [2.05, 4.69) is 15.3 Å². The van der Waals surface area contributed by atoms with Crippen LogP contribution in [0.15, 0.2) is 23.7 Å². The fraction of sp³-hybridized carbons (Fsp3) is 0.333. The number of thiazole rings is 1. The van der Waals surface area contributed by atoms with Crippen molar-refractivity contribution in [2.24, 2.45) is 0 Å². The van der Waals surface area contributed by atoms with Crippen LogP contribution in [-0.2, 0) is 6.54 Å². The molecule has 0 saturated carbocycles. The summed E-state index contributed by atoms with van der Waals surface area (Å²) in [7, 11) is 0. The molecule has 0 saturated heterocycles. The minimum Gasteiger partial charge on any atom is -0.478 e. The topological polar surface area (TPSA) is 47.0 Å². The number of nitrogens with zero attached hydrogens (tertiary/aromatic N) is 2. The predicted octanol–water partition coefficient (Wildman–Crippen LogP) is 2.86. The molecule has 1 N–H and O–H groups in total. The molecule has 2 aromatic rings. The first-order chi connectivity index (χ1) is 8.28. The molecule has 2 heterocycles. The highest BCUT2D eigenvalue weighted by molar-refractivity contribution is 7.09. The lowest BCUT2D eigenvalue weighted by Gasteiger charge is -2.05. The van der Waals surface area contributed by atoms with Crippen molar-refractivity contribution in [3.63, 3.8) is 0 Å². The normalized spacial score (nSPS) is 10.2. The smallest absolute Gasteiger partial charge is 0.213 e. The van der Waals surface area contributed by atoms with Crippen molar-refractivity contribution in [2.45, 2.75) is 20.4 Å². The summed E-state index contributed by atoms with van der Waals surface area (Å²) in [6.45, 7) is 5.31. The standard InChI is InChI=1S/C12H15N3OS/c1-3-16-11-5-4-10(6-14-11)13-7-12-15-9(2)8-17-12/h4-6,8,13H,3,7H2,1-2H3. The van der Waals surface area contributed by atoms with E-state index in [1.165, 1.54) is 0 Å². The van der Waals surface area contributed by atoms with Crippen LogP contribution in [0.25, 0.3) is 0 Å². The molecule has 0 bridgehead atoms. The molecule has 0 atom stereocenters.